The third kappa shape index (κ3) is 2.19. The number of rotatable bonds is 3. The van der Waals surface area contributed by atoms with Gasteiger partial charge in [-0.05, 0) is 24.5 Å². The zero-order chi connectivity index (χ0) is 7.23. The molecule has 10 heavy (non-hydrogen) atoms. The van der Waals surface area contributed by atoms with E-state index < -0.39 is 0 Å². The van der Waals surface area contributed by atoms with Crippen molar-refractivity contribution in [2.24, 2.45) is 0 Å². The van der Waals surface area contributed by atoms with Crippen molar-refractivity contribution < 1.29 is 5.11 Å². The van der Waals surface area contributed by atoms with Gasteiger partial charge in [-0.1, -0.05) is 24.3 Å². The van der Waals surface area contributed by atoms with Gasteiger partial charge in [-0.15, -0.1) is 0 Å². The van der Waals surface area contributed by atoms with Crippen molar-refractivity contribution >= 4 is 0 Å². The van der Waals surface area contributed by atoms with Crippen LogP contribution in [0.2, 0.25) is 0 Å². The van der Waals surface area contributed by atoms with Gasteiger partial charge in [0, 0.05) is 6.61 Å². The molecule has 1 N–H and O–H groups in total. The van der Waals surface area contributed by atoms with Gasteiger partial charge < -0.3 is 5.11 Å². The normalized spacial score (nSPS) is 9.70. The smallest absolute Gasteiger partial charge is 0.0434 e. The molecule has 0 saturated heterocycles. The second-order valence-corrected chi connectivity index (χ2v) is 2.21. The Balaban J connectivity index is 2.43. The quantitative estimate of drug-likeness (QED) is 0.664. The lowest BCUT2D eigenvalue weighted by Gasteiger charge is -1.95. The first-order valence-corrected chi connectivity index (χ1v) is 3.50. The summed E-state index contributed by atoms with van der Waals surface area (Å²) in [5.41, 5.74) is 1.18. The molecule has 0 aliphatic heterocycles. The Kier molecular flexibility index (Phi) is 2.97. The number of hydrogen-bond acceptors (Lipinski definition) is 1. The molecule has 0 aromatic heterocycles. The fourth-order valence-electron chi connectivity index (χ4n) is 0.856. The largest absolute Gasteiger partial charge is 0.396 e. The van der Waals surface area contributed by atoms with Gasteiger partial charge in [-0.3, -0.25) is 0 Å². The van der Waals surface area contributed by atoms with Gasteiger partial charge in [-0.2, -0.15) is 0 Å². The number of aliphatic hydroxyl groups is 1. The molecule has 0 heterocycles. The molecular weight excluding hydrogens is 124 g/mol. The van der Waals surface area contributed by atoms with Crippen LogP contribution in [0.25, 0.3) is 0 Å². The van der Waals surface area contributed by atoms with Crippen molar-refractivity contribution in [3.63, 3.8) is 0 Å². The SMILES string of the molecule is OCCCc1[c]cccc1. The standard InChI is InChI=1S/C9H11O/c10-8-4-7-9-5-2-1-3-6-9/h1-3,5,10H,4,7-8H2. The lowest BCUT2D eigenvalue weighted by atomic mass is 10.1. The van der Waals surface area contributed by atoms with E-state index in [0.717, 1.165) is 12.8 Å². The second-order valence-electron chi connectivity index (χ2n) is 2.21. The molecule has 53 valence electrons. The van der Waals surface area contributed by atoms with Gasteiger partial charge >= 0.3 is 0 Å². The highest BCUT2D eigenvalue weighted by Gasteiger charge is 1.88. The maximum atomic E-state index is 8.51. The van der Waals surface area contributed by atoms with E-state index >= 15 is 0 Å². The fraction of sp³-hybridized carbons (Fsp3) is 0.333. The minimum Gasteiger partial charge on any atom is -0.396 e. The van der Waals surface area contributed by atoms with Crippen LogP contribution >= 0.6 is 0 Å². The molecule has 1 rings (SSSR count). The van der Waals surface area contributed by atoms with Crippen LogP contribution in [0.15, 0.2) is 24.3 Å². The minimum atomic E-state index is 0.267. The van der Waals surface area contributed by atoms with Crippen LogP contribution in [0.5, 0.6) is 0 Å². The first-order chi connectivity index (χ1) is 4.93. The highest BCUT2D eigenvalue weighted by Crippen LogP contribution is 1.99. The van der Waals surface area contributed by atoms with E-state index in [1.165, 1.54) is 5.56 Å². The van der Waals surface area contributed by atoms with E-state index in [-0.39, 0.29) is 6.61 Å². The van der Waals surface area contributed by atoms with Gasteiger partial charge in [0.05, 0.1) is 0 Å². The summed E-state index contributed by atoms with van der Waals surface area (Å²) in [5, 5.41) is 8.51. The highest BCUT2D eigenvalue weighted by atomic mass is 16.2. The topological polar surface area (TPSA) is 20.2 Å². The van der Waals surface area contributed by atoms with Gasteiger partial charge in [0.15, 0.2) is 0 Å². The van der Waals surface area contributed by atoms with Crippen LogP contribution in [0.3, 0.4) is 0 Å². The van der Waals surface area contributed by atoms with Crippen LogP contribution in [0, 0.1) is 6.07 Å². The van der Waals surface area contributed by atoms with Crippen molar-refractivity contribution in [3.8, 4) is 0 Å². The van der Waals surface area contributed by atoms with Crippen molar-refractivity contribution in [2.75, 3.05) is 6.61 Å². The summed E-state index contributed by atoms with van der Waals surface area (Å²) < 4.78 is 0. The summed E-state index contributed by atoms with van der Waals surface area (Å²) >= 11 is 0. The van der Waals surface area contributed by atoms with Crippen molar-refractivity contribution in [1.82, 2.24) is 0 Å². The fourth-order valence-corrected chi connectivity index (χ4v) is 0.856. The van der Waals surface area contributed by atoms with E-state index in [1.54, 1.807) is 0 Å². The molecule has 0 spiro atoms. The monoisotopic (exact) mass is 135 g/mol. The average molecular weight is 135 g/mol. The maximum absolute atomic E-state index is 8.51. The molecule has 0 saturated carbocycles. The third-order valence-corrected chi connectivity index (χ3v) is 1.38. The summed E-state index contributed by atoms with van der Waals surface area (Å²) in [6.45, 7) is 0.267. The zero-order valence-electron chi connectivity index (χ0n) is 5.88. The number of hydrogen-bond donors (Lipinski definition) is 1. The van der Waals surface area contributed by atoms with Crippen LogP contribution in [-0.2, 0) is 6.42 Å². The molecule has 1 aromatic carbocycles. The molecule has 1 radical (unpaired) electrons. The number of aryl methyl sites for hydroxylation is 1. The Morgan fingerprint density at radius 1 is 1.40 bits per heavy atom. The Labute approximate surface area is 61.3 Å². The molecule has 0 atom stereocenters. The lowest BCUT2D eigenvalue weighted by molar-refractivity contribution is 0.288. The Bertz CT molecular complexity index is 169. The Hall–Kier alpha value is -0.820. The Morgan fingerprint density at radius 3 is 2.90 bits per heavy atom. The van der Waals surface area contributed by atoms with E-state index in [1.807, 2.05) is 24.3 Å². The van der Waals surface area contributed by atoms with Crippen molar-refractivity contribution in [1.29, 1.82) is 0 Å². The lowest BCUT2D eigenvalue weighted by Crippen LogP contribution is -1.88. The van der Waals surface area contributed by atoms with E-state index in [2.05, 4.69) is 6.07 Å². The summed E-state index contributed by atoms with van der Waals surface area (Å²) in [6.07, 6.45) is 1.76. The summed E-state index contributed by atoms with van der Waals surface area (Å²) in [7, 11) is 0. The molecule has 1 aromatic rings. The summed E-state index contributed by atoms with van der Waals surface area (Å²) in [6, 6.07) is 10.9. The summed E-state index contributed by atoms with van der Waals surface area (Å²) in [5.74, 6) is 0. The van der Waals surface area contributed by atoms with Crippen LogP contribution in [0.4, 0.5) is 0 Å². The number of benzene rings is 1. The van der Waals surface area contributed by atoms with Crippen LogP contribution in [0.1, 0.15) is 12.0 Å². The Morgan fingerprint density at radius 2 is 2.30 bits per heavy atom. The predicted octanol–water partition coefficient (Wildman–Crippen LogP) is 1.41. The predicted molar refractivity (Wildman–Crippen MR) is 40.7 cm³/mol. The van der Waals surface area contributed by atoms with Gasteiger partial charge in [-0.25, -0.2) is 0 Å². The average Bonchev–Trinajstić information content (AvgIpc) is 2.03. The molecule has 1 nitrogen and oxygen atoms in total. The second kappa shape index (κ2) is 4.07. The zero-order valence-corrected chi connectivity index (χ0v) is 5.88. The first kappa shape index (κ1) is 7.29. The van der Waals surface area contributed by atoms with E-state index in [4.69, 9.17) is 5.11 Å². The summed E-state index contributed by atoms with van der Waals surface area (Å²) in [4.78, 5) is 0. The van der Waals surface area contributed by atoms with Gasteiger partial charge in [0.25, 0.3) is 0 Å². The molecule has 0 bridgehead atoms. The molecule has 0 unspecified atom stereocenters. The van der Waals surface area contributed by atoms with E-state index in [0.29, 0.717) is 0 Å². The molecule has 0 fully saturated rings. The molecule has 1 heteroatoms. The van der Waals surface area contributed by atoms with Gasteiger partial charge in [0.1, 0.15) is 0 Å². The van der Waals surface area contributed by atoms with Crippen molar-refractivity contribution in [2.45, 2.75) is 12.8 Å². The van der Waals surface area contributed by atoms with Crippen LogP contribution < -0.4 is 0 Å². The highest BCUT2D eigenvalue weighted by molar-refractivity contribution is 5.12. The molecule has 0 aliphatic carbocycles. The minimum absolute atomic E-state index is 0.267. The maximum Gasteiger partial charge on any atom is 0.0434 e. The van der Waals surface area contributed by atoms with Crippen molar-refractivity contribution in [3.05, 3.63) is 35.9 Å². The van der Waals surface area contributed by atoms with Crippen LogP contribution in [-0.4, -0.2) is 11.7 Å². The number of aliphatic hydroxyl groups excluding tert-OH is 1. The first-order valence-electron chi connectivity index (χ1n) is 3.50. The van der Waals surface area contributed by atoms with Gasteiger partial charge in [0.2, 0.25) is 0 Å². The third-order valence-electron chi connectivity index (χ3n) is 1.38. The molecular formula is C9H11O. The molecule has 0 amide bonds. The van der Waals surface area contributed by atoms with E-state index in [9.17, 15) is 0 Å². The molecule has 0 aliphatic rings.